The Morgan fingerprint density at radius 2 is 1.90 bits per heavy atom. The lowest BCUT2D eigenvalue weighted by Crippen LogP contribution is -2.27. The SMILES string of the molecule is Cc1cccc(C(=O)N(C)Cc2ccccc2Cl)c1I. The fraction of sp³-hybridized carbons (Fsp3) is 0.188. The summed E-state index contributed by atoms with van der Waals surface area (Å²) in [5, 5.41) is 0.686. The van der Waals surface area contributed by atoms with Crippen LogP contribution < -0.4 is 0 Å². The molecule has 104 valence electrons. The number of benzene rings is 2. The molecule has 0 aromatic heterocycles. The molecule has 0 saturated carbocycles. The van der Waals surface area contributed by atoms with Crippen LogP contribution in [0.5, 0.6) is 0 Å². The third-order valence-corrected chi connectivity index (χ3v) is 4.93. The van der Waals surface area contributed by atoms with E-state index in [4.69, 9.17) is 11.6 Å². The van der Waals surface area contributed by atoms with E-state index < -0.39 is 0 Å². The van der Waals surface area contributed by atoms with Crippen molar-refractivity contribution in [2.24, 2.45) is 0 Å². The molecule has 0 unspecified atom stereocenters. The van der Waals surface area contributed by atoms with E-state index in [1.165, 1.54) is 0 Å². The minimum Gasteiger partial charge on any atom is -0.337 e. The molecule has 1 amide bonds. The monoisotopic (exact) mass is 399 g/mol. The van der Waals surface area contributed by atoms with Gasteiger partial charge in [0, 0.05) is 22.2 Å². The van der Waals surface area contributed by atoms with E-state index in [1.807, 2.05) is 49.4 Å². The van der Waals surface area contributed by atoms with E-state index in [0.29, 0.717) is 11.6 Å². The van der Waals surface area contributed by atoms with Crippen LogP contribution in [0.3, 0.4) is 0 Å². The quantitative estimate of drug-likeness (QED) is 0.695. The predicted molar refractivity (Wildman–Crippen MR) is 91.1 cm³/mol. The first kappa shape index (κ1) is 15.3. The van der Waals surface area contributed by atoms with Crippen molar-refractivity contribution in [2.75, 3.05) is 7.05 Å². The maximum absolute atomic E-state index is 12.5. The van der Waals surface area contributed by atoms with Crippen molar-refractivity contribution in [3.05, 3.63) is 67.7 Å². The molecular weight excluding hydrogens is 385 g/mol. The fourth-order valence-electron chi connectivity index (χ4n) is 1.97. The maximum Gasteiger partial charge on any atom is 0.254 e. The van der Waals surface area contributed by atoms with Crippen LogP contribution in [0.4, 0.5) is 0 Å². The third-order valence-electron chi connectivity index (χ3n) is 3.13. The van der Waals surface area contributed by atoms with Gasteiger partial charge in [0.25, 0.3) is 5.91 Å². The Kier molecular flexibility index (Phi) is 5.05. The molecule has 0 N–H and O–H groups in total. The van der Waals surface area contributed by atoms with Gasteiger partial charge in [-0.25, -0.2) is 0 Å². The second-order valence-corrected chi connectivity index (χ2v) is 6.18. The van der Waals surface area contributed by atoms with E-state index in [0.717, 1.165) is 20.3 Å². The number of carbonyl (C=O) groups excluding carboxylic acids is 1. The van der Waals surface area contributed by atoms with Crippen molar-refractivity contribution in [3.8, 4) is 0 Å². The second kappa shape index (κ2) is 6.59. The highest BCUT2D eigenvalue weighted by Gasteiger charge is 2.16. The molecule has 0 aliphatic carbocycles. The average molecular weight is 400 g/mol. The first-order valence-electron chi connectivity index (χ1n) is 6.24. The van der Waals surface area contributed by atoms with Gasteiger partial charge in [0.05, 0.1) is 5.56 Å². The number of carbonyl (C=O) groups is 1. The summed E-state index contributed by atoms with van der Waals surface area (Å²) in [6, 6.07) is 13.4. The predicted octanol–water partition coefficient (Wildman–Crippen LogP) is 4.53. The number of aryl methyl sites for hydroxylation is 1. The Morgan fingerprint density at radius 3 is 2.60 bits per heavy atom. The van der Waals surface area contributed by atoms with Crippen LogP contribution in [-0.4, -0.2) is 17.9 Å². The van der Waals surface area contributed by atoms with Gasteiger partial charge in [0.1, 0.15) is 0 Å². The number of rotatable bonds is 3. The zero-order valence-electron chi connectivity index (χ0n) is 11.4. The standard InChI is InChI=1S/C16H15ClINO/c1-11-6-5-8-13(15(11)18)16(20)19(2)10-12-7-3-4-9-14(12)17/h3-9H,10H2,1-2H3. The van der Waals surface area contributed by atoms with Crippen LogP contribution >= 0.6 is 34.2 Å². The molecule has 0 heterocycles. The molecule has 0 radical (unpaired) electrons. The molecule has 2 rings (SSSR count). The Labute approximate surface area is 137 Å². The minimum atomic E-state index is 0.0121. The van der Waals surface area contributed by atoms with Crippen molar-refractivity contribution in [3.63, 3.8) is 0 Å². The van der Waals surface area contributed by atoms with Crippen LogP contribution in [0, 0.1) is 10.5 Å². The van der Waals surface area contributed by atoms with Gasteiger partial charge in [-0.05, 0) is 52.8 Å². The molecule has 0 aliphatic heterocycles. The number of hydrogen-bond donors (Lipinski definition) is 0. The van der Waals surface area contributed by atoms with E-state index in [-0.39, 0.29) is 5.91 Å². The summed E-state index contributed by atoms with van der Waals surface area (Å²) in [6.07, 6.45) is 0. The molecular formula is C16H15ClINO. The van der Waals surface area contributed by atoms with Crippen molar-refractivity contribution < 1.29 is 4.79 Å². The molecule has 0 spiro atoms. The number of amides is 1. The topological polar surface area (TPSA) is 20.3 Å². The average Bonchev–Trinajstić information content (AvgIpc) is 2.43. The van der Waals surface area contributed by atoms with E-state index in [1.54, 1.807) is 11.9 Å². The summed E-state index contributed by atoms with van der Waals surface area (Å²) >= 11 is 8.35. The molecule has 2 nitrogen and oxygen atoms in total. The van der Waals surface area contributed by atoms with Gasteiger partial charge in [-0.15, -0.1) is 0 Å². The van der Waals surface area contributed by atoms with Crippen LogP contribution in [-0.2, 0) is 6.54 Å². The largest absolute Gasteiger partial charge is 0.337 e. The summed E-state index contributed by atoms with van der Waals surface area (Å²) < 4.78 is 1.00. The van der Waals surface area contributed by atoms with Gasteiger partial charge in [-0.2, -0.15) is 0 Å². The summed E-state index contributed by atoms with van der Waals surface area (Å²) in [4.78, 5) is 14.2. The van der Waals surface area contributed by atoms with Crippen LogP contribution in [0.25, 0.3) is 0 Å². The number of halogens is 2. The van der Waals surface area contributed by atoms with Gasteiger partial charge in [0.15, 0.2) is 0 Å². The highest BCUT2D eigenvalue weighted by Crippen LogP contribution is 2.21. The highest BCUT2D eigenvalue weighted by molar-refractivity contribution is 14.1. The zero-order valence-corrected chi connectivity index (χ0v) is 14.3. The molecule has 2 aromatic rings. The summed E-state index contributed by atoms with van der Waals surface area (Å²) in [5.41, 5.74) is 2.80. The zero-order chi connectivity index (χ0) is 14.7. The van der Waals surface area contributed by atoms with E-state index in [9.17, 15) is 4.79 Å². The molecule has 0 atom stereocenters. The van der Waals surface area contributed by atoms with Crippen LogP contribution in [0.15, 0.2) is 42.5 Å². The first-order chi connectivity index (χ1) is 9.50. The van der Waals surface area contributed by atoms with Gasteiger partial charge in [-0.3, -0.25) is 4.79 Å². The molecule has 20 heavy (non-hydrogen) atoms. The lowest BCUT2D eigenvalue weighted by atomic mass is 10.1. The lowest BCUT2D eigenvalue weighted by Gasteiger charge is -2.19. The first-order valence-corrected chi connectivity index (χ1v) is 7.70. The maximum atomic E-state index is 12.5. The van der Waals surface area contributed by atoms with Crippen molar-refractivity contribution in [2.45, 2.75) is 13.5 Å². The Hall–Kier alpha value is -1.07. The smallest absolute Gasteiger partial charge is 0.254 e. The van der Waals surface area contributed by atoms with Crippen molar-refractivity contribution >= 4 is 40.1 Å². The van der Waals surface area contributed by atoms with Gasteiger partial charge < -0.3 is 4.90 Å². The van der Waals surface area contributed by atoms with E-state index >= 15 is 0 Å². The van der Waals surface area contributed by atoms with Gasteiger partial charge >= 0.3 is 0 Å². The number of hydrogen-bond acceptors (Lipinski definition) is 1. The molecule has 0 aliphatic rings. The molecule has 0 fully saturated rings. The van der Waals surface area contributed by atoms with E-state index in [2.05, 4.69) is 22.6 Å². The molecule has 0 bridgehead atoms. The molecule has 4 heteroatoms. The Bertz CT molecular complexity index is 642. The van der Waals surface area contributed by atoms with Crippen molar-refractivity contribution in [1.82, 2.24) is 4.90 Å². The second-order valence-electron chi connectivity index (χ2n) is 4.69. The summed E-state index contributed by atoms with van der Waals surface area (Å²) in [5.74, 6) is 0.0121. The summed E-state index contributed by atoms with van der Waals surface area (Å²) in [6.45, 7) is 2.51. The minimum absolute atomic E-state index is 0.0121. The fourth-order valence-corrected chi connectivity index (χ4v) is 2.76. The Morgan fingerprint density at radius 1 is 1.20 bits per heavy atom. The molecule has 2 aromatic carbocycles. The van der Waals surface area contributed by atoms with Crippen LogP contribution in [0.2, 0.25) is 5.02 Å². The highest BCUT2D eigenvalue weighted by atomic mass is 127. The van der Waals surface area contributed by atoms with Crippen molar-refractivity contribution in [1.29, 1.82) is 0 Å². The Balaban J connectivity index is 2.21. The van der Waals surface area contributed by atoms with Gasteiger partial charge in [-0.1, -0.05) is 41.9 Å². The van der Waals surface area contributed by atoms with Gasteiger partial charge in [0.2, 0.25) is 0 Å². The van der Waals surface area contributed by atoms with Crippen LogP contribution in [0.1, 0.15) is 21.5 Å². The third kappa shape index (κ3) is 3.33. The summed E-state index contributed by atoms with van der Waals surface area (Å²) in [7, 11) is 1.80. The lowest BCUT2D eigenvalue weighted by molar-refractivity contribution is 0.0784. The number of nitrogens with zero attached hydrogens (tertiary/aromatic N) is 1. The normalized spacial score (nSPS) is 10.4. The molecule has 0 saturated heterocycles.